The van der Waals surface area contributed by atoms with E-state index >= 15 is 0 Å². The van der Waals surface area contributed by atoms with Crippen LogP contribution in [0, 0.1) is 0 Å². The maximum Gasteiger partial charge on any atom is 0.456 e. The minimum atomic E-state index is -4.14. The van der Waals surface area contributed by atoms with E-state index in [1.54, 1.807) is 0 Å². The lowest BCUT2D eigenvalue weighted by Gasteiger charge is -1.87. The van der Waals surface area contributed by atoms with Crippen molar-refractivity contribution >= 4 is 24.2 Å². The van der Waals surface area contributed by atoms with Crippen LogP contribution in [-0.2, 0) is 23.9 Å². The van der Waals surface area contributed by atoms with Crippen molar-refractivity contribution in [3.05, 3.63) is 0 Å². The molecule has 0 aromatic carbocycles. The summed E-state index contributed by atoms with van der Waals surface area (Å²) in [5.74, 6) is 0.0532. The normalized spacial score (nSPS) is 27.3. The monoisotopic (exact) mass is 184 g/mol. The fraction of sp³-hybridized carbons (Fsp3) is 0.667. The largest absolute Gasteiger partial charge is 0.456 e. The fourth-order valence-electron chi connectivity index (χ4n) is 0.599. The van der Waals surface area contributed by atoms with Gasteiger partial charge in [-0.25, -0.2) is 9.35 Å². The van der Waals surface area contributed by atoms with E-state index in [2.05, 4.69) is 5.32 Å². The maximum atomic E-state index is 10.6. The average Bonchev–Trinajstić information content (AvgIpc) is 2.11. The molecule has 1 aliphatic rings. The second-order valence-electron chi connectivity index (χ2n) is 1.72. The van der Waals surface area contributed by atoms with Crippen molar-refractivity contribution in [1.82, 2.24) is 5.32 Å². The van der Waals surface area contributed by atoms with Gasteiger partial charge in [0.05, 0.1) is 0 Å². The Kier molecular flexibility index (Phi) is 1.99. The molecule has 0 radical (unpaired) electrons. The Hall–Kier alpha value is -0.110. The van der Waals surface area contributed by atoms with E-state index in [9.17, 15) is 13.2 Å². The zero-order valence-electron chi connectivity index (χ0n) is 4.90. The molecule has 0 spiro atoms. The third-order valence-electron chi connectivity index (χ3n) is 1.01. The standard InChI is InChI=1S/C3H5NO4S2/c5-3-1-4-2-9(3)10(6,7)8/h4H,1-2H2/p+1. The molecule has 1 saturated heterocycles. The minimum Gasteiger partial charge on any atom is -0.261 e. The first-order chi connectivity index (χ1) is 4.52. The summed E-state index contributed by atoms with van der Waals surface area (Å²) in [7, 11) is -5.65. The predicted octanol–water partition coefficient (Wildman–Crippen LogP) is -1.51. The molecule has 1 aliphatic heterocycles. The lowest BCUT2D eigenvalue weighted by atomic mass is 10.7. The highest BCUT2D eigenvalue weighted by Crippen LogP contribution is 2.09. The Morgan fingerprint density at radius 1 is 1.60 bits per heavy atom. The zero-order valence-corrected chi connectivity index (χ0v) is 6.54. The van der Waals surface area contributed by atoms with Crippen LogP contribution in [0.4, 0.5) is 0 Å². The molecular formula is C3H6NO4S2+. The van der Waals surface area contributed by atoms with Gasteiger partial charge < -0.3 is 0 Å². The van der Waals surface area contributed by atoms with Crippen molar-refractivity contribution in [3.8, 4) is 0 Å². The Bertz CT molecular complexity index is 245. The molecule has 1 rings (SSSR count). The van der Waals surface area contributed by atoms with E-state index in [0.29, 0.717) is 0 Å². The summed E-state index contributed by atoms with van der Waals surface area (Å²) >= 11 is 0. The third-order valence-corrected chi connectivity index (χ3v) is 5.07. The van der Waals surface area contributed by atoms with E-state index < -0.39 is 24.2 Å². The van der Waals surface area contributed by atoms with Gasteiger partial charge in [-0.1, -0.05) is 0 Å². The van der Waals surface area contributed by atoms with Crippen LogP contribution in [0.15, 0.2) is 0 Å². The van der Waals surface area contributed by atoms with Crippen LogP contribution in [-0.4, -0.2) is 30.5 Å². The van der Waals surface area contributed by atoms with E-state index in [-0.39, 0.29) is 12.4 Å². The Morgan fingerprint density at radius 3 is 2.40 bits per heavy atom. The fourth-order valence-corrected chi connectivity index (χ4v) is 3.27. The Labute approximate surface area is 60.3 Å². The van der Waals surface area contributed by atoms with Gasteiger partial charge in [-0.05, 0) is 0 Å². The number of hydrogen-bond donors (Lipinski definition) is 2. The highest BCUT2D eigenvalue weighted by molar-refractivity contribution is 8.73. The van der Waals surface area contributed by atoms with Crippen molar-refractivity contribution in [2.24, 2.45) is 0 Å². The molecule has 10 heavy (non-hydrogen) atoms. The first-order valence-corrected chi connectivity index (χ1v) is 5.79. The molecule has 0 aromatic rings. The first-order valence-electron chi connectivity index (χ1n) is 2.44. The molecule has 2 N–H and O–H groups in total. The van der Waals surface area contributed by atoms with Crippen LogP contribution in [0.2, 0.25) is 0 Å². The van der Waals surface area contributed by atoms with Crippen LogP contribution in [0.5, 0.6) is 0 Å². The Balaban J connectivity index is 2.84. The molecular weight excluding hydrogens is 178 g/mol. The number of carbonyl (C=O) groups excluding carboxylic acids is 1. The quantitative estimate of drug-likeness (QED) is 0.294. The van der Waals surface area contributed by atoms with Gasteiger partial charge in [0.2, 0.25) is 9.93 Å². The van der Waals surface area contributed by atoms with Gasteiger partial charge in [-0.2, -0.15) is 0 Å². The summed E-state index contributed by atoms with van der Waals surface area (Å²) in [4.78, 5) is 10.6. The zero-order chi connectivity index (χ0) is 7.78. The molecule has 0 aliphatic carbocycles. The van der Waals surface area contributed by atoms with Gasteiger partial charge in [-0.3, -0.25) is 5.32 Å². The summed E-state index contributed by atoms with van der Waals surface area (Å²) < 4.78 is 29.1. The molecule has 1 fully saturated rings. The first kappa shape index (κ1) is 7.99. The molecule has 5 nitrogen and oxygen atoms in total. The van der Waals surface area contributed by atoms with Crippen molar-refractivity contribution < 1.29 is 17.8 Å². The second-order valence-corrected chi connectivity index (χ2v) is 6.48. The Morgan fingerprint density at radius 2 is 2.20 bits per heavy atom. The van der Waals surface area contributed by atoms with Gasteiger partial charge in [0.25, 0.3) is 0 Å². The van der Waals surface area contributed by atoms with Gasteiger partial charge in [0.1, 0.15) is 6.54 Å². The number of nitrogens with one attached hydrogen (secondary N) is 1. The van der Waals surface area contributed by atoms with Crippen molar-refractivity contribution in [2.45, 2.75) is 0 Å². The minimum absolute atomic E-state index is 0.0445. The molecule has 58 valence electrons. The maximum absolute atomic E-state index is 10.6. The van der Waals surface area contributed by atoms with Crippen LogP contribution in [0.25, 0.3) is 0 Å². The van der Waals surface area contributed by atoms with Gasteiger partial charge in [0, 0.05) is 0 Å². The van der Waals surface area contributed by atoms with Gasteiger partial charge >= 0.3 is 14.3 Å². The van der Waals surface area contributed by atoms with Crippen molar-refractivity contribution in [1.29, 1.82) is 0 Å². The molecule has 0 aromatic heterocycles. The lowest BCUT2D eigenvalue weighted by molar-refractivity contribution is -0.109. The van der Waals surface area contributed by atoms with E-state index in [4.69, 9.17) is 4.55 Å². The van der Waals surface area contributed by atoms with Gasteiger partial charge in [-0.15, -0.1) is 8.42 Å². The molecule has 1 heterocycles. The SMILES string of the molecule is O=C1CNC[S+]1S(=O)(=O)O. The molecule has 0 bridgehead atoms. The lowest BCUT2D eigenvalue weighted by Crippen LogP contribution is -2.21. The predicted molar refractivity (Wildman–Crippen MR) is 36.8 cm³/mol. The smallest absolute Gasteiger partial charge is 0.261 e. The molecule has 1 atom stereocenters. The highest BCUT2D eigenvalue weighted by atomic mass is 33.2. The van der Waals surface area contributed by atoms with Crippen LogP contribution >= 0.6 is 0 Å². The third kappa shape index (κ3) is 1.48. The summed E-state index contributed by atoms with van der Waals surface area (Å²) in [6.07, 6.45) is 0. The highest BCUT2D eigenvalue weighted by Gasteiger charge is 2.46. The van der Waals surface area contributed by atoms with Crippen LogP contribution in [0.1, 0.15) is 0 Å². The molecule has 0 saturated carbocycles. The summed E-state index contributed by atoms with van der Waals surface area (Å²) in [5, 5.41) is 2.11. The summed E-state index contributed by atoms with van der Waals surface area (Å²) in [5.41, 5.74) is 0. The van der Waals surface area contributed by atoms with Crippen molar-refractivity contribution in [3.63, 3.8) is 0 Å². The van der Waals surface area contributed by atoms with Crippen molar-refractivity contribution in [2.75, 3.05) is 12.4 Å². The van der Waals surface area contributed by atoms with Crippen LogP contribution < -0.4 is 5.32 Å². The van der Waals surface area contributed by atoms with Crippen LogP contribution in [0.3, 0.4) is 0 Å². The number of rotatable bonds is 1. The van der Waals surface area contributed by atoms with Gasteiger partial charge in [0.15, 0.2) is 5.88 Å². The topological polar surface area (TPSA) is 83.5 Å². The summed E-state index contributed by atoms with van der Waals surface area (Å²) in [6.45, 7) is 0.0445. The number of carbonyl (C=O) groups is 1. The molecule has 7 heteroatoms. The molecule has 0 amide bonds. The number of hydrogen-bond acceptors (Lipinski definition) is 4. The molecule has 1 unspecified atom stereocenters. The summed E-state index contributed by atoms with van der Waals surface area (Å²) in [6, 6.07) is 0. The van der Waals surface area contributed by atoms with E-state index in [1.807, 2.05) is 0 Å². The van der Waals surface area contributed by atoms with E-state index in [1.165, 1.54) is 0 Å². The average molecular weight is 184 g/mol. The van der Waals surface area contributed by atoms with E-state index in [0.717, 1.165) is 0 Å². The second kappa shape index (κ2) is 2.50.